The molecular formula is C11H14ClF2N. The first kappa shape index (κ1) is 12.4. The van der Waals surface area contributed by atoms with Crippen LogP contribution in [0.5, 0.6) is 0 Å². The number of benzene rings is 1. The molecule has 15 heavy (non-hydrogen) atoms. The Hall–Kier alpha value is -0.670. The van der Waals surface area contributed by atoms with Crippen molar-refractivity contribution < 1.29 is 8.78 Å². The minimum Gasteiger partial charge on any atom is -0.316 e. The van der Waals surface area contributed by atoms with Crippen molar-refractivity contribution in [3.63, 3.8) is 0 Å². The van der Waals surface area contributed by atoms with Crippen molar-refractivity contribution in [3.8, 4) is 0 Å². The average molecular weight is 234 g/mol. The zero-order chi connectivity index (χ0) is 11.1. The molecule has 1 aromatic carbocycles. The summed E-state index contributed by atoms with van der Waals surface area (Å²) in [5.41, 5.74) is 0.798. The second-order valence-corrected chi connectivity index (χ2v) is 3.67. The predicted molar refractivity (Wildman–Crippen MR) is 58.3 cm³/mol. The fourth-order valence-corrected chi connectivity index (χ4v) is 1.38. The van der Waals surface area contributed by atoms with Crippen LogP contribution in [-0.4, -0.2) is 19.0 Å². The zero-order valence-electron chi connectivity index (χ0n) is 8.40. The molecule has 0 bridgehead atoms. The topological polar surface area (TPSA) is 12.0 Å². The van der Waals surface area contributed by atoms with Gasteiger partial charge in [-0.25, -0.2) is 8.78 Å². The molecule has 0 unspecified atom stereocenters. The Labute approximate surface area is 93.4 Å². The van der Waals surface area contributed by atoms with Gasteiger partial charge in [0.15, 0.2) is 11.6 Å². The van der Waals surface area contributed by atoms with Gasteiger partial charge in [0.1, 0.15) is 0 Å². The van der Waals surface area contributed by atoms with Crippen molar-refractivity contribution in [2.75, 3.05) is 19.0 Å². The van der Waals surface area contributed by atoms with E-state index in [1.165, 1.54) is 6.07 Å². The molecule has 0 aliphatic heterocycles. The zero-order valence-corrected chi connectivity index (χ0v) is 9.16. The molecule has 0 atom stereocenters. The molecule has 4 heteroatoms. The van der Waals surface area contributed by atoms with Crippen molar-refractivity contribution in [1.82, 2.24) is 5.32 Å². The maximum Gasteiger partial charge on any atom is 0.159 e. The van der Waals surface area contributed by atoms with Gasteiger partial charge in [0, 0.05) is 5.88 Å². The van der Waals surface area contributed by atoms with E-state index < -0.39 is 11.6 Å². The van der Waals surface area contributed by atoms with Crippen LogP contribution in [0.15, 0.2) is 18.2 Å². The van der Waals surface area contributed by atoms with Gasteiger partial charge < -0.3 is 5.32 Å². The Balaban J connectivity index is 2.28. The molecule has 1 rings (SSSR count). The maximum atomic E-state index is 12.8. The molecule has 0 saturated heterocycles. The van der Waals surface area contributed by atoms with E-state index in [4.69, 9.17) is 11.6 Å². The van der Waals surface area contributed by atoms with Crippen LogP contribution < -0.4 is 5.32 Å². The van der Waals surface area contributed by atoms with Gasteiger partial charge in [0.2, 0.25) is 0 Å². The highest BCUT2D eigenvalue weighted by atomic mass is 35.5. The number of hydrogen-bond donors (Lipinski definition) is 1. The Kier molecular flexibility index (Phi) is 5.58. The summed E-state index contributed by atoms with van der Waals surface area (Å²) in [5, 5.41) is 3.17. The van der Waals surface area contributed by atoms with Crippen LogP contribution in [0.4, 0.5) is 8.78 Å². The van der Waals surface area contributed by atoms with E-state index in [9.17, 15) is 8.78 Å². The standard InChI is InChI=1S/C11H14ClF2N/c12-5-1-6-15-7-4-9-2-3-10(13)11(14)8-9/h2-3,8,15H,1,4-7H2. The molecule has 0 heterocycles. The van der Waals surface area contributed by atoms with E-state index in [2.05, 4.69) is 5.32 Å². The van der Waals surface area contributed by atoms with E-state index in [1.807, 2.05) is 0 Å². The van der Waals surface area contributed by atoms with Gasteiger partial charge in [-0.05, 0) is 43.6 Å². The molecule has 0 spiro atoms. The number of hydrogen-bond acceptors (Lipinski definition) is 1. The van der Waals surface area contributed by atoms with Gasteiger partial charge in [-0.3, -0.25) is 0 Å². The highest BCUT2D eigenvalue weighted by Crippen LogP contribution is 2.08. The highest BCUT2D eigenvalue weighted by molar-refractivity contribution is 6.17. The first-order valence-corrected chi connectivity index (χ1v) is 5.48. The number of rotatable bonds is 6. The Morgan fingerprint density at radius 2 is 1.93 bits per heavy atom. The van der Waals surface area contributed by atoms with Gasteiger partial charge in [0.25, 0.3) is 0 Å². The third-order valence-corrected chi connectivity index (χ3v) is 2.33. The minimum absolute atomic E-state index is 0.637. The van der Waals surface area contributed by atoms with E-state index in [-0.39, 0.29) is 0 Å². The average Bonchev–Trinajstić information content (AvgIpc) is 2.23. The van der Waals surface area contributed by atoms with Crippen LogP contribution in [-0.2, 0) is 6.42 Å². The minimum atomic E-state index is -0.797. The molecular weight excluding hydrogens is 220 g/mol. The fraction of sp³-hybridized carbons (Fsp3) is 0.455. The molecule has 0 fully saturated rings. The number of alkyl halides is 1. The van der Waals surface area contributed by atoms with Gasteiger partial charge >= 0.3 is 0 Å². The molecule has 0 amide bonds. The molecule has 1 nitrogen and oxygen atoms in total. The summed E-state index contributed by atoms with van der Waals surface area (Å²) < 4.78 is 25.4. The fourth-order valence-electron chi connectivity index (χ4n) is 1.24. The Morgan fingerprint density at radius 1 is 1.13 bits per heavy atom. The number of halogens is 3. The monoisotopic (exact) mass is 233 g/mol. The van der Waals surface area contributed by atoms with Gasteiger partial charge in [0.05, 0.1) is 0 Å². The summed E-state index contributed by atoms with van der Waals surface area (Å²) in [7, 11) is 0. The van der Waals surface area contributed by atoms with E-state index >= 15 is 0 Å². The molecule has 0 aromatic heterocycles. The van der Waals surface area contributed by atoms with Crippen molar-refractivity contribution in [3.05, 3.63) is 35.4 Å². The lowest BCUT2D eigenvalue weighted by molar-refractivity contribution is 0.506. The molecule has 0 aliphatic rings. The molecule has 0 saturated carbocycles. The quantitative estimate of drug-likeness (QED) is 0.589. The third kappa shape index (κ3) is 4.58. The third-order valence-electron chi connectivity index (χ3n) is 2.06. The van der Waals surface area contributed by atoms with Crippen molar-refractivity contribution in [1.29, 1.82) is 0 Å². The van der Waals surface area contributed by atoms with Crippen LogP contribution >= 0.6 is 11.6 Å². The van der Waals surface area contributed by atoms with Gasteiger partial charge in [-0.15, -0.1) is 11.6 Å². The smallest absolute Gasteiger partial charge is 0.159 e. The van der Waals surface area contributed by atoms with Crippen molar-refractivity contribution >= 4 is 11.6 Å². The van der Waals surface area contributed by atoms with E-state index in [0.717, 1.165) is 31.1 Å². The molecule has 1 aromatic rings. The van der Waals surface area contributed by atoms with Crippen LogP contribution in [0.2, 0.25) is 0 Å². The largest absolute Gasteiger partial charge is 0.316 e. The Bertz CT molecular complexity index is 305. The molecule has 0 aliphatic carbocycles. The first-order chi connectivity index (χ1) is 7.24. The van der Waals surface area contributed by atoms with Crippen molar-refractivity contribution in [2.45, 2.75) is 12.8 Å². The second-order valence-electron chi connectivity index (χ2n) is 3.29. The molecule has 1 N–H and O–H groups in total. The lowest BCUT2D eigenvalue weighted by Crippen LogP contribution is -2.18. The van der Waals surface area contributed by atoms with Crippen LogP contribution in [0.25, 0.3) is 0 Å². The molecule has 0 radical (unpaired) electrons. The lowest BCUT2D eigenvalue weighted by Gasteiger charge is -2.04. The van der Waals surface area contributed by atoms with Crippen molar-refractivity contribution in [2.24, 2.45) is 0 Å². The second kappa shape index (κ2) is 6.75. The lowest BCUT2D eigenvalue weighted by atomic mass is 10.1. The normalized spacial score (nSPS) is 10.6. The highest BCUT2D eigenvalue weighted by Gasteiger charge is 2.01. The van der Waals surface area contributed by atoms with E-state index in [0.29, 0.717) is 12.3 Å². The number of nitrogens with one attached hydrogen (secondary N) is 1. The predicted octanol–water partition coefficient (Wildman–Crippen LogP) is 2.73. The summed E-state index contributed by atoms with van der Waals surface area (Å²) in [6.45, 7) is 1.61. The van der Waals surface area contributed by atoms with Crippen LogP contribution in [0.3, 0.4) is 0 Å². The van der Waals surface area contributed by atoms with E-state index in [1.54, 1.807) is 6.07 Å². The summed E-state index contributed by atoms with van der Waals surface area (Å²) in [5.74, 6) is -0.944. The van der Waals surface area contributed by atoms with Gasteiger partial charge in [-0.2, -0.15) is 0 Å². The van der Waals surface area contributed by atoms with Crippen LogP contribution in [0.1, 0.15) is 12.0 Å². The summed E-state index contributed by atoms with van der Waals surface area (Å²) in [4.78, 5) is 0. The Morgan fingerprint density at radius 3 is 2.60 bits per heavy atom. The van der Waals surface area contributed by atoms with Crippen LogP contribution in [0, 0.1) is 11.6 Å². The summed E-state index contributed by atoms with van der Waals surface area (Å²) in [6.07, 6.45) is 1.61. The molecule has 84 valence electrons. The summed E-state index contributed by atoms with van der Waals surface area (Å²) >= 11 is 5.50. The maximum absolute atomic E-state index is 12.8. The first-order valence-electron chi connectivity index (χ1n) is 4.94. The summed E-state index contributed by atoms with van der Waals surface area (Å²) in [6, 6.07) is 3.99. The SMILES string of the molecule is Fc1ccc(CCNCCCCl)cc1F. The van der Waals surface area contributed by atoms with Gasteiger partial charge in [-0.1, -0.05) is 6.07 Å².